The van der Waals surface area contributed by atoms with Crippen molar-refractivity contribution in [3.63, 3.8) is 0 Å². The van der Waals surface area contributed by atoms with Gasteiger partial charge >= 0.3 is 0 Å². The highest BCUT2D eigenvalue weighted by Crippen LogP contribution is 2.26. The van der Waals surface area contributed by atoms with Crippen LogP contribution >= 0.6 is 0 Å². The second kappa shape index (κ2) is 13.6. The highest BCUT2D eigenvalue weighted by atomic mass is 14.9. The van der Waals surface area contributed by atoms with Crippen LogP contribution in [-0.2, 0) is 6.42 Å². The fourth-order valence-corrected chi connectivity index (χ4v) is 3.70. The molecule has 2 nitrogen and oxygen atoms in total. The lowest BCUT2D eigenvalue weighted by atomic mass is 9.84. The maximum atomic E-state index is 5.92. The van der Waals surface area contributed by atoms with Crippen molar-refractivity contribution in [3.05, 3.63) is 60.8 Å². The van der Waals surface area contributed by atoms with Gasteiger partial charge in [-0.25, -0.2) is 0 Å². The van der Waals surface area contributed by atoms with Gasteiger partial charge < -0.3 is 11.1 Å². The first-order valence-corrected chi connectivity index (χ1v) is 11.2. The lowest BCUT2D eigenvalue weighted by molar-refractivity contribution is 0.304. The molecule has 0 amide bonds. The molecule has 0 spiro atoms. The van der Waals surface area contributed by atoms with E-state index in [1.165, 1.54) is 37.7 Å². The first-order valence-electron chi connectivity index (χ1n) is 11.2. The minimum absolute atomic E-state index is 0.296. The van der Waals surface area contributed by atoms with Gasteiger partial charge in [-0.1, -0.05) is 83.5 Å². The Hall–Kier alpha value is -1.54. The van der Waals surface area contributed by atoms with E-state index in [9.17, 15) is 0 Å². The molecule has 158 valence electrons. The molecule has 4 atom stereocenters. The quantitative estimate of drug-likeness (QED) is 0.346. The zero-order valence-corrected chi connectivity index (χ0v) is 18.8. The lowest BCUT2D eigenvalue weighted by Crippen LogP contribution is -2.31. The molecule has 28 heavy (non-hydrogen) atoms. The Kier molecular flexibility index (Phi) is 11.9. The van der Waals surface area contributed by atoms with Gasteiger partial charge in [-0.15, -0.1) is 6.58 Å². The number of nitrogens with one attached hydrogen (secondary N) is 1. The van der Waals surface area contributed by atoms with Gasteiger partial charge in [0.1, 0.15) is 0 Å². The average molecular weight is 385 g/mol. The van der Waals surface area contributed by atoms with Crippen molar-refractivity contribution in [2.75, 3.05) is 6.54 Å². The van der Waals surface area contributed by atoms with E-state index in [4.69, 9.17) is 5.73 Å². The number of benzene rings is 1. The molecule has 0 fully saturated rings. The number of hydrogen-bond donors (Lipinski definition) is 2. The Labute approximate surface area is 174 Å². The Morgan fingerprint density at radius 2 is 1.68 bits per heavy atom. The summed E-state index contributed by atoms with van der Waals surface area (Å²) < 4.78 is 0. The maximum Gasteiger partial charge on any atom is 0.0441 e. The smallest absolute Gasteiger partial charge is 0.0441 e. The molecule has 3 N–H and O–H groups in total. The third-order valence-corrected chi connectivity index (χ3v) is 5.91. The van der Waals surface area contributed by atoms with Crippen molar-refractivity contribution in [2.45, 2.75) is 72.3 Å². The minimum atomic E-state index is 0.296. The molecular formula is C26H44N2. The summed E-state index contributed by atoms with van der Waals surface area (Å²) in [5.74, 6) is 2.44. The van der Waals surface area contributed by atoms with Gasteiger partial charge in [0.2, 0.25) is 0 Å². The maximum absolute atomic E-state index is 5.92. The molecule has 0 saturated heterocycles. The average Bonchev–Trinajstić information content (AvgIpc) is 2.70. The van der Waals surface area contributed by atoms with Gasteiger partial charge in [-0.2, -0.15) is 0 Å². The van der Waals surface area contributed by atoms with Gasteiger partial charge in [-0.3, -0.25) is 0 Å². The van der Waals surface area contributed by atoms with Gasteiger partial charge in [0, 0.05) is 11.7 Å². The van der Waals surface area contributed by atoms with Crippen LogP contribution in [0.2, 0.25) is 0 Å². The zero-order chi connectivity index (χ0) is 20.9. The van der Waals surface area contributed by atoms with Crippen LogP contribution in [0, 0.1) is 23.7 Å². The summed E-state index contributed by atoms with van der Waals surface area (Å²) in [5, 5.41) is 3.58. The number of rotatable bonds is 15. The van der Waals surface area contributed by atoms with Crippen molar-refractivity contribution in [1.82, 2.24) is 5.32 Å². The molecule has 0 aliphatic rings. The summed E-state index contributed by atoms with van der Waals surface area (Å²) in [6.45, 7) is 18.0. The molecule has 1 aromatic carbocycles. The molecule has 4 unspecified atom stereocenters. The Balaban J connectivity index is 2.55. The highest BCUT2D eigenvalue weighted by Gasteiger charge is 2.19. The molecule has 1 aromatic rings. The van der Waals surface area contributed by atoms with E-state index in [0.29, 0.717) is 23.8 Å². The lowest BCUT2D eigenvalue weighted by Gasteiger charge is -2.27. The van der Waals surface area contributed by atoms with Gasteiger partial charge in [0.05, 0.1) is 0 Å². The van der Waals surface area contributed by atoms with Crippen LogP contribution in [0.3, 0.4) is 0 Å². The number of hydrogen-bond acceptors (Lipinski definition) is 2. The van der Waals surface area contributed by atoms with Crippen molar-refractivity contribution in [2.24, 2.45) is 29.4 Å². The first kappa shape index (κ1) is 24.5. The van der Waals surface area contributed by atoms with Crippen LogP contribution in [0.5, 0.6) is 0 Å². The molecule has 0 aliphatic carbocycles. The fraction of sp³-hybridized carbons (Fsp3) is 0.615. The van der Waals surface area contributed by atoms with Gasteiger partial charge in [0.15, 0.2) is 0 Å². The predicted octanol–water partition coefficient (Wildman–Crippen LogP) is 6.34. The SMILES string of the molecule is C=CC(CC(CCC(C)CCc1ccccc1)CC(C)CN)NC(=C)C(C)C. The number of nitrogens with two attached hydrogens (primary N) is 1. The second-order valence-corrected chi connectivity index (χ2v) is 9.05. The van der Waals surface area contributed by atoms with Gasteiger partial charge in [-0.05, 0) is 61.5 Å². The second-order valence-electron chi connectivity index (χ2n) is 9.05. The summed E-state index contributed by atoms with van der Waals surface area (Å²) in [6.07, 6.45) is 9.34. The van der Waals surface area contributed by atoms with Crippen molar-refractivity contribution in [3.8, 4) is 0 Å². The van der Waals surface area contributed by atoms with Crippen LogP contribution in [0.15, 0.2) is 55.3 Å². The van der Waals surface area contributed by atoms with Crippen molar-refractivity contribution in [1.29, 1.82) is 0 Å². The number of aryl methyl sites for hydroxylation is 1. The normalized spacial score (nSPS) is 15.6. The first-order chi connectivity index (χ1) is 13.3. The summed E-state index contributed by atoms with van der Waals surface area (Å²) in [6, 6.07) is 11.1. The standard InChI is InChI=1S/C26H44N2/c1-7-26(28-23(6)20(2)3)18-25(17-22(5)19-27)16-14-21(4)13-15-24-11-9-8-10-12-24/h7-12,20-22,25-26,28H,1,6,13-19,27H2,2-5H3. The highest BCUT2D eigenvalue weighted by molar-refractivity contribution is 5.14. The largest absolute Gasteiger partial charge is 0.382 e. The Morgan fingerprint density at radius 3 is 2.25 bits per heavy atom. The van der Waals surface area contributed by atoms with E-state index in [0.717, 1.165) is 24.6 Å². The van der Waals surface area contributed by atoms with Crippen LogP contribution in [0.1, 0.15) is 65.4 Å². The molecule has 0 bridgehead atoms. The molecule has 0 radical (unpaired) electrons. The molecule has 0 saturated carbocycles. The third kappa shape index (κ3) is 10.1. The van der Waals surface area contributed by atoms with Crippen LogP contribution in [0.4, 0.5) is 0 Å². The van der Waals surface area contributed by atoms with Crippen molar-refractivity contribution < 1.29 is 0 Å². The topological polar surface area (TPSA) is 38.0 Å². The summed E-state index contributed by atoms with van der Waals surface area (Å²) in [4.78, 5) is 0. The van der Waals surface area contributed by atoms with E-state index < -0.39 is 0 Å². The summed E-state index contributed by atoms with van der Waals surface area (Å²) >= 11 is 0. The van der Waals surface area contributed by atoms with E-state index in [1.807, 2.05) is 6.08 Å². The van der Waals surface area contributed by atoms with E-state index in [1.54, 1.807) is 0 Å². The minimum Gasteiger partial charge on any atom is -0.382 e. The molecule has 2 heteroatoms. The molecule has 0 heterocycles. The number of allylic oxidation sites excluding steroid dienone is 1. The third-order valence-electron chi connectivity index (χ3n) is 5.91. The molecule has 0 aromatic heterocycles. The zero-order valence-electron chi connectivity index (χ0n) is 18.8. The van der Waals surface area contributed by atoms with Crippen LogP contribution < -0.4 is 11.1 Å². The van der Waals surface area contributed by atoms with Crippen molar-refractivity contribution >= 4 is 0 Å². The molecular weight excluding hydrogens is 340 g/mol. The Morgan fingerprint density at radius 1 is 1.00 bits per heavy atom. The Bertz CT molecular complexity index is 549. The summed E-state index contributed by atoms with van der Waals surface area (Å²) in [5.41, 5.74) is 8.48. The fourth-order valence-electron chi connectivity index (χ4n) is 3.70. The van der Waals surface area contributed by atoms with E-state index >= 15 is 0 Å². The molecule has 1 rings (SSSR count). The van der Waals surface area contributed by atoms with Gasteiger partial charge in [0.25, 0.3) is 0 Å². The van der Waals surface area contributed by atoms with E-state index in [2.05, 4.69) is 76.5 Å². The monoisotopic (exact) mass is 384 g/mol. The predicted molar refractivity (Wildman–Crippen MR) is 125 cm³/mol. The molecule has 0 aliphatic heterocycles. The van der Waals surface area contributed by atoms with Crippen LogP contribution in [0.25, 0.3) is 0 Å². The van der Waals surface area contributed by atoms with E-state index in [-0.39, 0.29) is 0 Å². The van der Waals surface area contributed by atoms with Crippen LogP contribution in [-0.4, -0.2) is 12.6 Å². The summed E-state index contributed by atoms with van der Waals surface area (Å²) in [7, 11) is 0.